The minimum absolute atomic E-state index is 0.237. The molecule has 1 unspecified atom stereocenters. The van der Waals surface area contributed by atoms with E-state index in [1.807, 2.05) is 0 Å². The molecule has 1 aromatic rings. The molecule has 1 heterocycles. The molecule has 0 aromatic heterocycles. The SMILES string of the molecule is CC(C)=NN1C(=O)N(c2ccc(Cl)c(Cl)c2)C(=O)NC1(C)S. The fraction of sp³-hybridized carbons (Fsp3) is 0.308. The lowest BCUT2D eigenvalue weighted by molar-refractivity contribution is 0.149. The number of benzene rings is 1. The highest BCUT2D eigenvalue weighted by Crippen LogP contribution is 2.31. The first-order chi connectivity index (χ1) is 10.1. The van der Waals surface area contributed by atoms with Crippen LogP contribution in [-0.2, 0) is 0 Å². The van der Waals surface area contributed by atoms with Crippen molar-refractivity contribution in [1.29, 1.82) is 0 Å². The van der Waals surface area contributed by atoms with E-state index in [0.29, 0.717) is 10.7 Å². The van der Waals surface area contributed by atoms with Gasteiger partial charge in [-0.3, -0.25) is 0 Å². The number of urea groups is 2. The Hall–Kier alpha value is -1.44. The second-order valence-corrected chi connectivity index (χ2v) is 6.71. The number of carbonyl (C=O) groups excluding carboxylic acids is 2. The summed E-state index contributed by atoms with van der Waals surface area (Å²) in [6.07, 6.45) is 0. The van der Waals surface area contributed by atoms with Crippen LogP contribution in [0.5, 0.6) is 0 Å². The van der Waals surface area contributed by atoms with Crippen LogP contribution in [0.25, 0.3) is 0 Å². The average molecular weight is 361 g/mol. The average Bonchev–Trinajstić information content (AvgIpc) is 2.38. The summed E-state index contributed by atoms with van der Waals surface area (Å²) in [7, 11) is 0. The van der Waals surface area contributed by atoms with Gasteiger partial charge in [0.25, 0.3) is 0 Å². The number of halogens is 2. The summed E-state index contributed by atoms with van der Waals surface area (Å²) in [6.45, 7) is 5.03. The summed E-state index contributed by atoms with van der Waals surface area (Å²) in [6, 6.07) is 3.20. The fourth-order valence-corrected chi connectivity index (χ4v) is 2.39. The quantitative estimate of drug-likeness (QED) is 0.619. The number of nitrogens with zero attached hydrogens (tertiary/aromatic N) is 3. The van der Waals surface area contributed by atoms with Gasteiger partial charge in [-0.25, -0.2) is 14.5 Å². The number of hydrogen-bond donors (Lipinski definition) is 2. The van der Waals surface area contributed by atoms with Crippen molar-refractivity contribution in [2.45, 2.75) is 25.8 Å². The smallest absolute Gasteiger partial charge is 0.304 e. The van der Waals surface area contributed by atoms with E-state index in [4.69, 9.17) is 23.2 Å². The van der Waals surface area contributed by atoms with E-state index in [-0.39, 0.29) is 10.7 Å². The predicted molar refractivity (Wildman–Crippen MR) is 90.9 cm³/mol. The monoisotopic (exact) mass is 360 g/mol. The minimum Gasteiger partial charge on any atom is -0.304 e. The number of rotatable bonds is 2. The van der Waals surface area contributed by atoms with Gasteiger partial charge in [0.15, 0.2) is 4.99 Å². The van der Waals surface area contributed by atoms with Gasteiger partial charge in [-0.1, -0.05) is 23.2 Å². The second kappa shape index (κ2) is 5.98. The third-order valence-electron chi connectivity index (χ3n) is 2.79. The highest BCUT2D eigenvalue weighted by Gasteiger charge is 2.45. The molecule has 4 amide bonds. The van der Waals surface area contributed by atoms with Crippen LogP contribution in [0.4, 0.5) is 15.3 Å². The lowest BCUT2D eigenvalue weighted by Gasteiger charge is -2.42. The molecule has 0 radical (unpaired) electrons. The van der Waals surface area contributed by atoms with Gasteiger partial charge >= 0.3 is 12.1 Å². The molecule has 6 nitrogen and oxygen atoms in total. The van der Waals surface area contributed by atoms with Gasteiger partial charge in [-0.2, -0.15) is 10.1 Å². The molecule has 1 aromatic carbocycles. The van der Waals surface area contributed by atoms with Gasteiger partial charge in [0.1, 0.15) is 0 Å². The Labute approximate surface area is 143 Å². The molecule has 1 N–H and O–H groups in total. The Kier molecular flexibility index (Phi) is 4.60. The number of carbonyl (C=O) groups is 2. The molecule has 9 heteroatoms. The molecule has 2 rings (SSSR count). The molecule has 0 aliphatic carbocycles. The first-order valence-corrected chi connectivity index (χ1v) is 7.49. The summed E-state index contributed by atoms with van der Waals surface area (Å²) >= 11 is 16.1. The Balaban J connectivity index is 2.47. The van der Waals surface area contributed by atoms with Crippen LogP contribution < -0.4 is 10.2 Å². The second-order valence-electron chi connectivity index (χ2n) is 5.03. The molecule has 0 bridgehead atoms. The molecule has 1 aliphatic rings. The number of imide groups is 1. The van der Waals surface area contributed by atoms with Crippen LogP contribution in [-0.4, -0.2) is 27.8 Å². The number of anilines is 1. The van der Waals surface area contributed by atoms with Gasteiger partial charge in [-0.05, 0) is 39.0 Å². The largest absolute Gasteiger partial charge is 0.356 e. The van der Waals surface area contributed by atoms with E-state index < -0.39 is 17.1 Å². The van der Waals surface area contributed by atoms with E-state index in [1.54, 1.807) is 20.8 Å². The Morgan fingerprint density at radius 2 is 1.91 bits per heavy atom. The third-order valence-corrected chi connectivity index (χ3v) is 3.83. The standard InChI is InChI=1S/C13H14Cl2N4O2S/c1-7(2)17-19-12(21)18(11(20)16-13(19,3)22)8-4-5-9(14)10(15)6-8/h4-6,22H,1-3H3,(H,16,20). The number of hydrazone groups is 1. The summed E-state index contributed by atoms with van der Waals surface area (Å²) in [5.74, 6) is 0. The molecule has 118 valence electrons. The molecule has 1 aliphatic heterocycles. The number of nitrogens with one attached hydrogen (secondary N) is 1. The lowest BCUT2D eigenvalue weighted by Crippen LogP contribution is -2.67. The Morgan fingerprint density at radius 3 is 2.45 bits per heavy atom. The van der Waals surface area contributed by atoms with Crippen molar-refractivity contribution in [2.75, 3.05) is 4.90 Å². The first kappa shape index (κ1) is 16.9. The van der Waals surface area contributed by atoms with Gasteiger partial charge < -0.3 is 5.32 Å². The lowest BCUT2D eigenvalue weighted by atomic mass is 10.3. The zero-order valence-corrected chi connectivity index (χ0v) is 14.5. The normalized spacial score (nSPS) is 21.7. The van der Waals surface area contributed by atoms with E-state index in [0.717, 1.165) is 9.91 Å². The maximum absolute atomic E-state index is 12.6. The summed E-state index contributed by atoms with van der Waals surface area (Å²) < 4.78 is 0. The fourth-order valence-electron chi connectivity index (χ4n) is 1.87. The van der Waals surface area contributed by atoms with Crippen LogP contribution in [0, 0.1) is 0 Å². The summed E-state index contributed by atoms with van der Waals surface area (Å²) in [4.78, 5) is 24.6. The zero-order chi connectivity index (χ0) is 16.7. The molecule has 0 saturated carbocycles. The van der Waals surface area contributed by atoms with Gasteiger partial charge in [0, 0.05) is 5.71 Å². The first-order valence-electron chi connectivity index (χ1n) is 6.29. The van der Waals surface area contributed by atoms with Crippen molar-refractivity contribution in [3.05, 3.63) is 28.2 Å². The van der Waals surface area contributed by atoms with Gasteiger partial charge in [0.05, 0.1) is 15.7 Å². The van der Waals surface area contributed by atoms with E-state index in [9.17, 15) is 9.59 Å². The van der Waals surface area contributed by atoms with E-state index >= 15 is 0 Å². The highest BCUT2D eigenvalue weighted by molar-refractivity contribution is 7.81. The number of amides is 4. The van der Waals surface area contributed by atoms with Crippen LogP contribution in [0.3, 0.4) is 0 Å². The number of thiol groups is 1. The Morgan fingerprint density at radius 1 is 1.27 bits per heavy atom. The van der Waals surface area contributed by atoms with E-state index in [1.165, 1.54) is 18.2 Å². The van der Waals surface area contributed by atoms with E-state index in [2.05, 4.69) is 23.0 Å². The molecule has 1 fully saturated rings. The molecule has 1 atom stereocenters. The minimum atomic E-state index is -1.24. The molecule has 22 heavy (non-hydrogen) atoms. The van der Waals surface area contributed by atoms with Crippen molar-refractivity contribution in [2.24, 2.45) is 5.10 Å². The summed E-state index contributed by atoms with van der Waals surface area (Å²) in [5, 5.41) is 8.38. The predicted octanol–water partition coefficient (Wildman–Crippen LogP) is 3.94. The van der Waals surface area contributed by atoms with Gasteiger partial charge in [-0.15, -0.1) is 12.6 Å². The molecule has 0 spiro atoms. The topological polar surface area (TPSA) is 65.0 Å². The zero-order valence-electron chi connectivity index (χ0n) is 12.1. The van der Waals surface area contributed by atoms with Crippen molar-refractivity contribution in [3.63, 3.8) is 0 Å². The van der Waals surface area contributed by atoms with Crippen molar-refractivity contribution < 1.29 is 9.59 Å². The van der Waals surface area contributed by atoms with Crippen molar-refractivity contribution >= 4 is 59.3 Å². The van der Waals surface area contributed by atoms with Crippen LogP contribution in [0.15, 0.2) is 23.3 Å². The summed E-state index contributed by atoms with van der Waals surface area (Å²) in [5.41, 5.74) is 0.925. The molecular formula is C13H14Cl2N4O2S. The molecular weight excluding hydrogens is 347 g/mol. The maximum atomic E-state index is 12.6. The number of hydrogen-bond acceptors (Lipinski definition) is 4. The van der Waals surface area contributed by atoms with Crippen LogP contribution in [0.2, 0.25) is 10.0 Å². The van der Waals surface area contributed by atoms with Crippen molar-refractivity contribution in [1.82, 2.24) is 10.3 Å². The highest BCUT2D eigenvalue weighted by atomic mass is 35.5. The van der Waals surface area contributed by atoms with Crippen LogP contribution >= 0.6 is 35.8 Å². The van der Waals surface area contributed by atoms with Crippen LogP contribution in [0.1, 0.15) is 20.8 Å². The Bertz CT molecular complexity index is 674. The maximum Gasteiger partial charge on any atom is 0.356 e. The van der Waals surface area contributed by atoms with Gasteiger partial charge in [0.2, 0.25) is 0 Å². The third kappa shape index (κ3) is 3.16. The van der Waals surface area contributed by atoms with Crippen molar-refractivity contribution in [3.8, 4) is 0 Å². The molecule has 1 saturated heterocycles.